The quantitative estimate of drug-likeness (QED) is 0.296. The fourth-order valence-corrected chi connectivity index (χ4v) is 6.30. The van der Waals surface area contributed by atoms with Crippen molar-refractivity contribution in [3.8, 4) is 0 Å². The molecule has 1 unspecified atom stereocenters. The number of rotatable bonds is 4. The predicted octanol–water partition coefficient (Wildman–Crippen LogP) is 0.667. The van der Waals surface area contributed by atoms with Crippen molar-refractivity contribution in [3.63, 3.8) is 0 Å². The Labute approximate surface area is 206 Å². The van der Waals surface area contributed by atoms with Crippen LogP contribution in [0.25, 0.3) is 0 Å². The number of ether oxygens (including phenoxy) is 1. The largest absolute Gasteiger partial charge is 1.00 e. The van der Waals surface area contributed by atoms with Gasteiger partial charge < -0.3 is 26.7 Å². The zero-order valence-electron chi connectivity index (χ0n) is 19.5. The summed E-state index contributed by atoms with van der Waals surface area (Å²) in [7, 11) is 0.889. The van der Waals surface area contributed by atoms with Crippen LogP contribution in [0.2, 0.25) is 0 Å². The molecule has 3 atom stereocenters. The summed E-state index contributed by atoms with van der Waals surface area (Å²) in [6.07, 6.45) is 6.94. The number of esters is 1. The highest BCUT2D eigenvalue weighted by Crippen LogP contribution is 2.46. The third-order valence-corrected chi connectivity index (χ3v) is 7.71. The van der Waals surface area contributed by atoms with Gasteiger partial charge in [0.25, 0.3) is 0 Å². The number of hydrogen-bond donors (Lipinski definition) is 1. The molecule has 0 aliphatic carbocycles. The van der Waals surface area contributed by atoms with Gasteiger partial charge in [0, 0.05) is 43.4 Å². The summed E-state index contributed by atoms with van der Waals surface area (Å²) in [5.74, 6) is -0.547. The Morgan fingerprint density at radius 3 is 1.79 bits per heavy atom. The number of carbonyl (C=O) groups excluding carboxylic acids is 1. The third-order valence-electron chi connectivity index (χ3n) is 7.71. The lowest BCUT2D eigenvalue weighted by Crippen LogP contribution is -3.00. The summed E-state index contributed by atoms with van der Waals surface area (Å²) < 4.78 is 7.32. The molecule has 3 aliphatic rings. The SMILES string of the molecule is C[N+](=O)[O-].O=C(OC1C[C@H]2CC[C@@H](C1)[N+]21CCCC1)C(O)(c1ccccc1)c1ccccc1.[Cl-]. The van der Waals surface area contributed by atoms with E-state index in [2.05, 4.69) is 0 Å². The second-order valence-corrected chi connectivity index (χ2v) is 9.52. The normalized spacial score (nSPS) is 24.5. The topological polar surface area (TPSA) is 89.7 Å². The molecule has 1 N–H and O–H groups in total. The van der Waals surface area contributed by atoms with Crippen LogP contribution in [-0.4, -0.2) is 58.8 Å². The van der Waals surface area contributed by atoms with Crippen LogP contribution in [0.5, 0.6) is 0 Å². The smallest absolute Gasteiger partial charge is 0.347 e. The van der Waals surface area contributed by atoms with Gasteiger partial charge in [-0.25, -0.2) is 4.79 Å². The minimum Gasteiger partial charge on any atom is -1.00 e. The van der Waals surface area contributed by atoms with Crippen molar-refractivity contribution >= 4 is 5.97 Å². The maximum atomic E-state index is 13.4. The van der Waals surface area contributed by atoms with Crippen molar-refractivity contribution in [1.29, 1.82) is 0 Å². The lowest BCUT2D eigenvalue weighted by atomic mass is 9.86. The molecule has 1 spiro atoms. The molecule has 0 saturated carbocycles. The van der Waals surface area contributed by atoms with E-state index in [1.165, 1.54) is 43.3 Å². The lowest BCUT2D eigenvalue weighted by Gasteiger charge is -2.47. The Morgan fingerprint density at radius 2 is 1.38 bits per heavy atom. The molecule has 34 heavy (non-hydrogen) atoms. The predicted molar refractivity (Wildman–Crippen MR) is 124 cm³/mol. The summed E-state index contributed by atoms with van der Waals surface area (Å²) in [6, 6.07) is 19.6. The van der Waals surface area contributed by atoms with E-state index in [9.17, 15) is 9.90 Å². The number of nitrogens with zero attached hydrogens (tertiary/aromatic N) is 2. The zero-order chi connectivity index (χ0) is 23.5. The molecule has 3 saturated heterocycles. The number of benzene rings is 2. The van der Waals surface area contributed by atoms with E-state index in [4.69, 9.17) is 14.9 Å². The maximum absolute atomic E-state index is 13.4. The summed E-state index contributed by atoms with van der Waals surface area (Å²) in [6.45, 7) is 2.60. The van der Waals surface area contributed by atoms with Crippen LogP contribution in [0.1, 0.15) is 49.7 Å². The summed E-state index contributed by atoms with van der Waals surface area (Å²) in [4.78, 5) is 21.7. The molecule has 0 amide bonds. The van der Waals surface area contributed by atoms with Crippen LogP contribution in [0.3, 0.4) is 0 Å². The molecular formula is C26H33ClN2O5. The fourth-order valence-electron chi connectivity index (χ4n) is 6.30. The fraction of sp³-hybridized carbons (Fsp3) is 0.500. The average Bonchev–Trinajstić information content (AvgIpc) is 3.36. The number of carbonyl (C=O) groups is 1. The van der Waals surface area contributed by atoms with E-state index in [0.29, 0.717) is 23.2 Å². The van der Waals surface area contributed by atoms with Gasteiger partial charge in [-0.05, 0) is 11.1 Å². The number of nitro groups is 1. The highest BCUT2D eigenvalue weighted by atomic mass is 35.5. The van der Waals surface area contributed by atoms with Gasteiger partial charge in [-0.1, -0.05) is 60.7 Å². The molecular weight excluding hydrogens is 456 g/mol. The first kappa shape index (κ1) is 26.1. The van der Waals surface area contributed by atoms with E-state index < -0.39 is 16.5 Å². The van der Waals surface area contributed by atoms with Crippen molar-refractivity contribution in [2.24, 2.45) is 0 Å². The Bertz CT molecular complexity index is 906. The number of aliphatic hydroxyl groups is 1. The van der Waals surface area contributed by atoms with Gasteiger partial charge >= 0.3 is 5.97 Å². The van der Waals surface area contributed by atoms with E-state index in [1.54, 1.807) is 24.3 Å². The van der Waals surface area contributed by atoms with Crippen LogP contribution in [-0.2, 0) is 15.1 Å². The third kappa shape index (κ3) is 4.97. The van der Waals surface area contributed by atoms with Gasteiger partial charge in [-0.3, -0.25) is 10.1 Å². The molecule has 2 bridgehead atoms. The first-order valence-electron chi connectivity index (χ1n) is 11.8. The standard InChI is InChI=1S/C25H30NO3.CH3NO2.ClH/c27-24(25(28,19-9-3-1-4-10-19)20-11-5-2-6-12-20)29-23-17-21-13-14-22(18-23)26(21)15-7-8-16-26;1-2(3)4;/h1-6,9-12,21-23,28H,7-8,13-18H2;1H3;1H/q+1;;/p-1/t21-,22+,23?;;. The minimum atomic E-state index is -1.78. The Kier molecular flexibility index (Phi) is 8.34. The van der Waals surface area contributed by atoms with E-state index >= 15 is 0 Å². The Balaban J connectivity index is 0.000000603. The van der Waals surface area contributed by atoms with Gasteiger partial charge in [0.05, 0.1) is 25.2 Å². The molecule has 0 aromatic heterocycles. The highest BCUT2D eigenvalue weighted by Gasteiger charge is 2.56. The minimum absolute atomic E-state index is 0. The average molecular weight is 489 g/mol. The molecule has 3 heterocycles. The number of hydrogen-bond acceptors (Lipinski definition) is 5. The Hall–Kier alpha value is -2.48. The first-order chi connectivity index (χ1) is 15.9. The molecule has 5 rings (SSSR count). The monoisotopic (exact) mass is 488 g/mol. The molecule has 3 aliphatic heterocycles. The molecule has 2 aromatic carbocycles. The maximum Gasteiger partial charge on any atom is 0.347 e. The van der Waals surface area contributed by atoms with Gasteiger partial charge in [-0.15, -0.1) is 0 Å². The van der Waals surface area contributed by atoms with Crippen molar-refractivity contribution in [3.05, 3.63) is 81.9 Å². The molecule has 2 aromatic rings. The van der Waals surface area contributed by atoms with Crippen molar-refractivity contribution in [2.45, 2.75) is 62.3 Å². The van der Waals surface area contributed by atoms with Gasteiger partial charge in [-0.2, -0.15) is 0 Å². The lowest BCUT2D eigenvalue weighted by molar-refractivity contribution is -0.956. The summed E-state index contributed by atoms with van der Waals surface area (Å²) in [5.41, 5.74) is -0.671. The van der Waals surface area contributed by atoms with Gasteiger partial charge in [0.1, 0.15) is 6.10 Å². The molecule has 8 heteroatoms. The Morgan fingerprint density at radius 1 is 0.971 bits per heavy atom. The molecule has 184 valence electrons. The van der Waals surface area contributed by atoms with Crippen LogP contribution in [0.15, 0.2) is 60.7 Å². The number of halogens is 1. The molecule has 7 nitrogen and oxygen atoms in total. The van der Waals surface area contributed by atoms with E-state index in [0.717, 1.165) is 19.9 Å². The van der Waals surface area contributed by atoms with Crippen molar-refractivity contribution < 1.29 is 36.5 Å². The van der Waals surface area contributed by atoms with Crippen LogP contribution in [0.4, 0.5) is 0 Å². The van der Waals surface area contributed by atoms with Gasteiger partial charge in [0.15, 0.2) is 7.05 Å². The second-order valence-electron chi connectivity index (χ2n) is 9.52. The van der Waals surface area contributed by atoms with Crippen LogP contribution in [0, 0.1) is 10.1 Å². The zero-order valence-corrected chi connectivity index (χ0v) is 20.3. The first-order valence-corrected chi connectivity index (χ1v) is 11.8. The van der Waals surface area contributed by atoms with E-state index in [-0.39, 0.29) is 18.5 Å². The van der Waals surface area contributed by atoms with Crippen molar-refractivity contribution in [1.82, 2.24) is 0 Å². The molecule has 3 fully saturated rings. The summed E-state index contributed by atoms with van der Waals surface area (Å²) >= 11 is 0. The second kappa shape index (κ2) is 10.8. The highest BCUT2D eigenvalue weighted by molar-refractivity contribution is 5.85. The van der Waals surface area contributed by atoms with E-state index in [1.807, 2.05) is 36.4 Å². The van der Waals surface area contributed by atoms with Crippen molar-refractivity contribution in [2.75, 3.05) is 20.1 Å². The van der Waals surface area contributed by atoms with Crippen LogP contribution >= 0.6 is 0 Å². The van der Waals surface area contributed by atoms with Crippen LogP contribution < -0.4 is 12.4 Å². The van der Waals surface area contributed by atoms with Gasteiger partial charge in [0.2, 0.25) is 5.60 Å². The number of quaternary nitrogens is 1. The summed E-state index contributed by atoms with van der Waals surface area (Å²) in [5, 5.41) is 20.4. The number of piperidine rings is 1. The molecule has 0 radical (unpaired) electrons.